The van der Waals surface area contributed by atoms with Gasteiger partial charge in [-0.25, -0.2) is 9.88 Å². The van der Waals surface area contributed by atoms with E-state index in [1.54, 1.807) is 0 Å². The summed E-state index contributed by atoms with van der Waals surface area (Å²) in [5.74, 6) is 1.23. The molecule has 1 amide bonds. The maximum absolute atomic E-state index is 12.5. The smallest absolute Gasteiger partial charge is 0.293 e. The number of carbonyl (C=O) groups is 1. The summed E-state index contributed by atoms with van der Waals surface area (Å²) in [5.41, 5.74) is 3.86. The van der Waals surface area contributed by atoms with Crippen molar-refractivity contribution in [3.8, 4) is 6.07 Å². The van der Waals surface area contributed by atoms with Crippen LogP contribution in [0.3, 0.4) is 0 Å². The van der Waals surface area contributed by atoms with Crippen LogP contribution in [-0.4, -0.2) is 62.2 Å². The third kappa shape index (κ3) is 4.10. The summed E-state index contributed by atoms with van der Waals surface area (Å²) in [6.07, 6.45) is 3.03. The summed E-state index contributed by atoms with van der Waals surface area (Å²) in [5, 5.41) is 9.97. The van der Waals surface area contributed by atoms with Crippen molar-refractivity contribution in [2.75, 3.05) is 50.7 Å². The number of anilines is 1. The highest BCUT2D eigenvalue weighted by Crippen LogP contribution is 2.33. The van der Waals surface area contributed by atoms with Crippen LogP contribution in [0, 0.1) is 18.3 Å². The van der Waals surface area contributed by atoms with E-state index in [-0.39, 0.29) is 5.60 Å². The predicted octanol–water partition coefficient (Wildman–Crippen LogP) is -0.141. The monoisotopic (exact) mass is 399 g/mol. The number of aromatic nitrogens is 1. The van der Waals surface area contributed by atoms with E-state index in [1.165, 1.54) is 4.90 Å². The number of nitrogens with one attached hydrogen (secondary N) is 2. The molecule has 7 heteroatoms. The highest BCUT2D eigenvalue weighted by atomic mass is 16.5. The molecule has 0 aliphatic carbocycles. The fourth-order valence-corrected chi connectivity index (χ4v) is 4.84. The molecule has 0 unspecified atom stereocenters. The van der Waals surface area contributed by atoms with Crippen molar-refractivity contribution in [1.29, 1.82) is 5.26 Å². The average Bonchev–Trinajstić information content (AvgIpc) is 3.22. The highest BCUT2D eigenvalue weighted by Gasteiger charge is 2.36. The van der Waals surface area contributed by atoms with Crippen LogP contribution in [-0.2, 0) is 22.6 Å². The van der Waals surface area contributed by atoms with E-state index in [0.717, 1.165) is 86.7 Å². The Kier molecular flexibility index (Phi) is 5.50. The van der Waals surface area contributed by atoms with Crippen LogP contribution >= 0.6 is 0 Å². The van der Waals surface area contributed by atoms with Crippen LogP contribution in [0.4, 0.5) is 5.82 Å². The molecule has 0 atom stereocenters. The molecule has 7 nitrogen and oxygen atoms in total. The van der Waals surface area contributed by atoms with Crippen LogP contribution in [0.5, 0.6) is 0 Å². The van der Waals surface area contributed by atoms with Gasteiger partial charge in [0, 0.05) is 25.1 Å². The number of amides is 1. The van der Waals surface area contributed by atoms with E-state index in [0.29, 0.717) is 19.1 Å². The number of piperazine rings is 1. The molecule has 1 aromatic heterocycles. The van der Waals surface area contributed by atoms with Crippen LogP contribution in [0.25, 0.3) is 0 Å². The molecule has 0 saturated carbocycles. The Morgan fingerprint density at radius 3 is 2.55 bits per heavy atom. The molecule has 4 rings (SSSR count). The third-order valence-electron chi connectivity index (χ3n) is 6.63. The molecule has 1 aromatic rings. The van der Waals surface area contributed by atoms with Gasteiger partial charge in [0.2, 0.25) is 0 Å². The summed E-state index contributed by atoms with van der Waals surface area (Å²) in [6.45, 7) is 12.8. The Bertz CT molecular complexity index is 831. The minimum atomic E-state index is -0.248. The zero-order chi connectivity index (χ0) is 20.6. The number of rotatable bonds is 3. The molecule has 0 bridgehead atoms. The van der Waals surface area contributed by atoms with Gasteiger partial charge in [-0.15, -0.1) is 0 Å². The number of quaternary nitrogens is 1. The normalized spacial score (nSPS) is 21.7. The maximum atomic E-state index is 12.5. The molecule has 2 fully saturated rings. The average molecular weight is 400 g/mol. The molecule has 4 heterocycles. The van der Waals surface area contributed by atoms with E-state index in [2.05, 4.69) is 36.7 Å². The number of hydrogen-bond acceptors (Lipinski definition) is 4. The largest absolute Gasteiger partial charge is 0.370 e. The fourth-order valence-electron chi connectivity index (χ4n) is 4.84. The zero-order valence-electron chi connectivity index (χ0n) is 17.9. The Morgan fingerprint density at radius 2 is 1.90 bits per heavy atom. The minimum absolute atomic E-state index is 0.248. The lowest BCUT2D eigenvalue weighted by Crippen LogP contribution is -3.16. The third-order valence-corrected chi connectivity index (χ3v) is 6.63. The maximum Gasteiger partial charge on any atom is 0.293 e. The first-order valence-electron chi connectivity index (χ1n) is 10.9. The van der Waals surface area contributed by atoms with Gasteiger partial charge in [0.15, 0.2) is 6.54 Å². The van der Waals surface area contributed by atoms with Crippen molar-refractivity contribution in [2.24, 2.45) is 0 Å². The number of H-pyrrole nitrogens is 1. The lowest BCUT2D eigenvalue weighted by Gasteiger charge is -2.34. The summed E-state index contributed by atoms with van der Waals surface area (Å²) < 4.78 is 5.97. The zero-order valence-corrected chi connectivity index (χ0v) is 17.9. The molecule has 2 N–H and O–H groups in total. The van der Waals surface area contributed by atoms with Gasteiger partial charge in [-0.05, 0) is 39.2 Å². The van der Waals surface area contributed by atoms with Crippen molar-refractivity contribution >= 4 is 11.7 Å². The Labute approximate surface area is 173 Å². The molecule has 3 aliphatic heterocycles. The second kappa shape index (κ2) is 7.92. The lowest BCUT2D eigenvalue weighted by atomic mass is 9.88. The second-order valence-corrected chi connectivity index (χ2v) is 9.27. The fraction of sp³-hybridized carbons (Fsp3) is 0.682. The van der Waals surface area contributed by atoms with Crippen molar-refractivity contribution in [3.05, 3.63) is 22.4 Å². The number of hydrogen-bond donors (Lipinski definition) is 1. The number of carbonyl (C=O) groups excluding carboxylic acids is 1. The first kappa shape index (κ1) is 20.1. The summed E-state index contributed by atoms with van der Waals surface area (Å²) in [4.78, 5) is 21.6. The summed E-state index contributed by atoms with van der Waals surface area (Å²) >= 11 is 0. The number of aromatic amines is 1. The molecule has 2 saturated heterocycles. The summed E-state index contributed by atoms with van der Waals surface area (Å²) in [6, 6.07) is 2.47. The van der Waals surface area contributed by atoms with Gasteiger partial charge in [0.25, 0.3) is 11.7 Å². The van der Waals surface area contributed by atoms with Gasteiger partial charge in [-0.3, -0.25) is 4.79 Å². The standard InChI is InChI=1S/C22H31N5O2/c1-16-19-15-29-22(2,3)12-17(19)18(13-23)21(24-16)27-10-8-25(9-11-27)14-20(28)26-6-4-5-7-26/h4-12,14-15H2,1-3H3/p+2. The Hall–Kier alpha value is -2.17. The molecule has 0 spiro atoms. The number of fused-ring (bicyclic) bond motifs is 1. The van der Waals surface area contributed by atoms with Gasteiger partial charge in [0.1, 0.15) is 43.5 Å². The molecule has 3 aliphatic rings. The number of nitrogens with zero attached hydrogens (tertiary/aromatic N) is 3. The van der Waals surface area contributed by atoms with E-state index in [9.17, 15) is 10.1 Å². The van der Waals surface area contributed by atoms with Crippen molar-refractivity contribution in [1.82, 2.24) is 4.90 Å². The van der Waals surface area contributed by atoms with Crippen LogP contribution in [0.15, 0.2) is 0 Å². The number of aryl methyl sites for hydroxylation is 1. The minimum Gasteiger partial charge on any atom is -0.370 e. The first-order chi connectivity index (χ1) is 13.9. The summed E-state index contributed by atoms with van der Waals surface area (Å²) in [7, 11) is 0. The van der Waals surface area contributed by atoms with Crippen LogP contribution in [0.1, 0.15) is 49.1 Å². The van der Waals surface area contributed by atoms with Crippen LogP contribution < -0.4 is 14.8 Å². The second-order valence-electron chi connectivity index (χ2n) is 9.27. The topological polar surface area (TPSA) is 75.2 Å². The molecule has 0 radical (unpaired) electrons. The lowest BCUT2D eigenvalue weighted by molar-refractivity contribution is -0.892. The van der Waals surface area contributed by atoms with Crippen molar-refractivity contribution < 1.29 is 19.4 Å². The van der Waals surface area contributed by atoms with E-state index in [4.69, 9.17) is 4.74 Å². The first-order valence-corrected chi connectivity index (χ1v) is 10.9. The van der Waals surface area contributed by atoms with E-state index >= 15 is 0 Å². The number of ether oxygens (including phenoxy) is 1. The van der Waals surface area contributed by atoms with Gasteiger partial charge in [-0.2, -0.15) is 5.26 Å². The van der Waals surface area contributed by atoms with E-state index < -0.39 is 0 Å². The van der Waals surface area contributed by atoms with Gasteiger partial charge in [0.05, 0.1) is 12.2 Å². The number of pyridine rings is 1. The van der Waals surface area contributed by atoms with Crippen LogP contribution in [0.2, 0.25) is 0 Å². The van der Waals surface area contributed by atoms with Crippen molar-refractivity contribution in [3.63, 3.8) is 0 Å². The number of likely N-dealkylation sites (tertiary alicyclic amines) is 1. The quantitative estimate of drug-likeness (QED) is 0.768. The van der Waals surface area contributed by atoms with Gasteiger partial charge >= 0.3 is 0 Å². The van der Waals surface area contributed by atoms with Gasteiger partial charge < -0.3 is 14.5 Å². The Morgan fingerprint density at radius 1 is 1.21 bits per heavy atom. The van der Waals surface area contributed by atoms with Crippen molar-refractivity contribution in [2.45, 2.75) is 52.2 Å². The highest BCUT2D eigenvalue weighted by molar-refractivity contribution is 5.77. The predicted molar refractivity (Wildman–Crippen MR) is 109 cm³/mol. The SMILES string of the molecule is Cc1[nH+]c(N2CC[NH+](CC(=O)N3CCCC3)CC2)c(C#N)c2c1COC(C)(C)C2. The molecular formula is C22H33N5O2+2. The van der Waals surface area contributed by atoms with E-state index in [1.807, 2.05) is 4.90 Å². The molecule has 29 heavy (non-hydrogen) atoms. The molecule has 0 aromatic carbocycles. The van der Waals surface area contributed by atoms with Gasteiger partial charge in [-0.1, -0.05) is 0 Å². The molecule has 156 valence electrons. The Balaban J connectivity index is 1.48. The molecular weight excluding hydrogens is 366 g/mol. The number of nitriles is 1.